The van der Waals surface area contributed by atoms with E-state index in [2.05, 4.69) is 67.9 Å². The molecule has 0 spiro atoms. The molecule has 18 nitrogen and oxygen atoms in total. The van der Waals surface area contributed by atoms with Gasteiger partial charge < -0.3 is 39.8 Å². The number of aromatic nitrogens is 8. The molecule has 1 aliphatic carbocycles. The molecule has 5 atom stereocenters. The molecule has 20 heteroatoms. The Bertz CT molecular complexity index is 3610. The van der Waals surface area contributed by atoms with Gasteiger partial charge in [-0.05, 0) is 111 Å². The number of carbonyl (C=O) groups excluding carboxylic acids is 2. The zero-order valence-corrected chi connectivity index (χ0v) is 48.0. The highest BCUT2D eigenvalue weighted by molar-refractivity contribution is 6.33. The third-order valence-corrected chi connectivity index (χ3v) is 17.4. The Morgan fingerprint density at radius 3 is 2.40 bits per heavy atom. The Morgan fingerprint density at radius 1 is 0.952 bits per heavy atom. The van der Waals surface area contributed by atoms with E-state index in [1.165, 1.54) is 6.07 Å². The lowest BCUT2D eigenvalue weighted by Crippen LogP contribution is -2.51. The van der Waals surface area contributed by atoms with Crippen molar-refractivity contribution in [1.29, 1.82) is 0 Å². The van der Waals surface area contributed by atoms with Gasteiger partial charge in [0.1, 0.15) is 41.6 Å². The molecule has 432 valence electrons. The predicted octanol–water partition coefficient (Wildman–Crippen LogP) is 10.2. The number of aromatic amines is 1. The second kappa shape index (κ2) is 24.3. The summed E-state index contributed by atoms with van der Waals surface area (Å²) < 4.78 is 37.2. The van der Waals surface area contributed by atoms with Crippen molar-refractivity contribution in [3.05, 3.63) is 124 Å². The highest BCUT2D eigenvalue weighted by Crippen LogP contribution is 2.53. The van der Waals surface area contributed by atoms with Gasteiger partial charge in [-0.25, -0.2) is 9.07 Å². The van der Waals surface area contributed by atoms with E-state index in [9.17, 15) is 14.7 Å². The summed E-state index contributed by atoms with van der Waals surface area (Å²) in [5, 5.41) is 34.2. The van der Waals surface area contributed by atoms with Crippen LogP contribution in [0.15, 0.2) is 91.4 Å². The number of hydrogen-bond donors (Lipinski definition) is 4. The lowest BCUT2D eigenvalue weighted by Gasteiger charge is -2.35. The molecule has 5 fully saturated rings. The number of aliphatic hydroxyl groups is 1. The number of fused-ring (bicyclic) bond motifs is 4. The summed E-state index contributed by atoms with van der Waals surface area (Å²) in [7, 11) is 0. The van der Waals surface area contributed by atoms with Crippen molar-refractivity contribution in [1.82, 2.24) is 55.7 Å². The van der Waals surface area contributed by atoms with Crippen molar-refractivity contribution in [2.75, 3.05) is 44.4 Å². The number of anilines is 1. The minimum Gasteiger partial charge on any atom is -0.486 e. The highest BCUT2D eigenvalue weighted by Gasteiger charge is 2.38. The molecule has 4 aliphatic heterocycles. The van der Waals surface area contributed by atoms with Gasteiger partial charge >= 0.3 is 6.01 Å². The number of hydrogen-bond acceptors (Lipinski definition) is 14. The summed E-state index contributed by atoms with van der Waals surface area (Å²) in [6.07, 6.45) is 13.7. The largest absolute Gasteiger partial charge is 0.486 e. The van der Waals surface area contributed by atoms with Crippen LogP contribution < -0.4 is 25.0 Å². The molecule has 2 amide bonds. The number of nitrogens with zero attached hydrogens (tertiary/aromatic N) is 9. The highest BCUT2D eigenvalue weighted by atomic mass is 35.5. The topological polar surface area (TPSA) is 211 Å². The molecular formula is C63H70ClFN12O6. The molecule has 4 aromatic carbocycles. The lowest BCUT2D eigenvalue weighted by atomic mass is 9.88. The number of rotatable bonds is 17. The number of benzene rings is 4. The maximum Gasteiger partial charge on any atom is 0.319 e. The summed E-state index contributed by atoms with van der Waals surface area (Å²) in [5.41, 5.74) is 9.42. The molecule has 5 aliphatic rings. The first-order chi connectivity index (χ1) is 40.4. The number of H-pyrrole nitrogens is 1. The smallest absolute Gasteiger partial charge is 0.319 e. The van der Waals surface area contributed by atoms with Crippen LogP contribution in [0.4, 0.5) is 10.2 Å². The summed E-state index contributed by atoms with van der Waals surface area (Å²) in [5.74, 6) is 1.54. The third kappa shape index (κ3) is 11.7. The quantitative estimate of drug-likeness (QED) is 0.0626. The molecule has 8 heterocycles. The number of nitrogens with one attached hydrogen (secondary N) is 3. The molecule has 13 rings (SSSR count). The first-order valence-electron chi connectivity index (χ1n) is 29.1. The van der Waals surface area contributed by atoms with Crippen LogP contribution in [0.2, 0.25) is 5.02 Å². The van der Waals surface area contributed by atoms with Crippen LogP contribution in [0.25, 0.3) is 55.4 Å². The average Bonchev–Trinajstić information content (AvgIpc) is 3.26. The van der Waals surface area contributed by atoms with Crippen LogP contribution in [0.1, 0.15) is 112 Å². The molecule has 0 radical (unpaired) electrons. The number of ether oxygens (including phenoxy) is 3. The first-order valence-corrected chi connectivity index (χ1v) is 29.5. The van der Waals surface area contributed by atoms with Crippen LogP contribution in [0, 0.1) is 18.7 Å². The maximum atomic E-state index is 16.0. The molecular weight excluding hydrogens is 1080 g/mol. The first kappa shape index (κ1) is 55.9. The van der Waals surface area contributed by atoms with Crippen LogP contribution in [-0.4, -0.2) is 126 Å². The van der Waals surface area contributed by atoms with Crippen LogP contribution in [-0.2, 0) is 20.9 Å². The minimum atomic E-state index is -0.427. The van der Waals surface area contributed by atoms with E-state index in [0.717, 1.165) is 127 Å². The van der Waals surface area contributed by atoms with E-state index in [0.29, 0.717) is 76.5 Å². The van der Waals surface area contributed by atoms with Crippen molar-refractivity contribution in [3.8, 4) is 45.4 Å². The number of aliphatic hydroxyl groups excluding tert-OH is 1. The fourth-order valence-electron chi connectivity index (χ4n) is 12.4. The van der Waals surface area contributed by atoms with Crippen molar-refractivity contribution in [2.45, 2.75) is 128 Å². The third-order valence-electron chi connectivity index (χ3n) is 17.0. The Labute approximate surface area is 486 Å². The zero-order valence-electron chi connectivity index (χ0n) is 47.2. The Kier molecular flexibility index (Phi) is 16.4. The molecule has 8 aromatic rings. The van der Waals surface area contributed by atoms with Crippen LogP contribution in [0.3, 0.4) is 0 Å². The van der Waals surface area contributed by atoms with Gasteiger partial charge in [0.25, 0.3) is 0 Å². The number of carbonyl (C=O) groups is 2. The number of amides is 2. The van der Waals surface area contributed by atoms with Gasteiger partial charge in [0.05, 0.1) is 54.5 Å². The van der Waals surface area contributed by atoms with Gasteiger partial charge in [0.15, 0.2) is 5.75 Å². The SMILES string of the molecule is Cc1c(F)cc2[nH]ncc2c1-c1c(C2CC2)cc2c(N3CC4CCC(C3)N4)nc(OC3CCOCC3)nc2c1OCc1ccc(-c2cn(C(C(=O)N3CCCC3C)C(C)C)nn2)cc1.O=CNC(CO)c1ccc(-c2ncccc2Cl)cc1. The standard InChI is InChI=1S/C49H57FN10O4.C14H13ClN2O2/c1-27(2)45(48(61)59-17-5-6-28(59)3)60-25-41(56-57-60)32-9-7-30(8-10-32)26-63-46-43(42-29(4)39(50)21-40-38(42)22-51-55-40)36(31-11-12-31)20-37-44(46)53-49(64-35-15-18-62-19-16-35)54-47(37)58-23-33-13-14-34(24-58)52-33;15-12-2-1-7-16-14(12)11-5-3-10(4-6-11)13(8-18)17-9-19/h7-10,20-22,25,27-28,31,33-35,45,52H,5-6,11-19,23-24,26H2,1-4H3,(H,51,55);1-7,9,13,18H,8H2,(H,17,19). The molecule has 1 saturated carbocycles. The van der Waals surface area contributed by atoms with Crippen LogP contribution in [0.5, 0.6) is 11.8 Å². The van der Waals surface area contributed by atoms with Crippen molar-refractivity contribution >= 4 is 51.5 Å². The minimum absolute atomic E-state index is 0.0485. The fourth-order valence-corrected chi connectivity index (χ4v) is 12.7. The van der Waals surface area contributed by atoms with E-state index in [1.54, 1.807) is 29.2 Å². The van der Waals surface area contributed by atoms with E-state index in [-0.39, 0.29) is 48.9 Å². The number of pyridine rings is 1. The lowest BCUT2D eigenvalue weighted by molar-refractivity contribution is -0.137. The van der Waals surface area contributed by atoms with Gasteiger partial charge in [0, 0.05) is 89.8 Å². The van der Waals surface area contributed by atoms with Crippen LogP contribution >= 0.6 is 11.6 Å². The van der Waals surface area contributed by atoms with E-state index in [1.807, 2.05) is 66.6 Å². The summed E-state index contributed by atoms with van der Waals surface area (Å²) >= 11 is 6.08. The molecule has 4 N–H and O–H groups in total. The van der Waals surface area contributed by atoms with Gasteiger partial charge in [-0.15, -0.1) is 5.10 Å². The summed E-state index contributed by atoms with van der Waals surface area (Å²) in [6, 6.07) is 23.3. The van der Waals surface area contributed by atoms with Crippen molar-refractivity contribution in [2.24, 2.45) is 5.92 Å². The van der Waals surface area contributed by atoms with Gasteiger partial charge in [0.2, 0.25) is 12.3 Å². The summed E-state index contributed by atoms with van der Waals surface area (Å²) in [4.78, 5) is 43.2. The van der Waals surface area contributed by atoms with Gasteiger partial charge in [-0.1, -0.05) is 79.2 Å². The van der Waals surface area contributed by atoms with E-state index < -0.39 is 12.1 Å². The normalized spacial score (nSPS) is 19.7. The molecule has 4 aromatic heterocycles. The van der Waals surface area contributed by atoms with Gasteiger partial charge in [-0.2, -0.15) is 15.1 Å². The Morgan fingerprint density at radius 2 is 1.71 bits per heavy atom. The Hall–Kier alpha value is -7.58. The fraction of sp³-hybridized carbons (Fsp3) is 0.429. The maximum absolute atomic E-state index is 16.0. The number of piperazine rings is 1. The molecule has 5 unspecified atom stereocenters. The monoisotopic (exact) mass is 1140 g/mol. The Balaban J connectivity index is 0.000000304. The molecule has 2 bridgehead atoms. The predicted molar refractivity (Wildman–Crippen MR) is 316 cm³/mol. The average molecular weight is 1150 g/mol. The zero-order chi connectivity index (χ0) is 57.3. The second-order valence-corrected chi connectivity index (χ2v) is 23.5. The van der Waals surface area contributed by atoms with E-state index in [4.69, 9.17) is 35.8 Å². The van der Waals surface area contributed by atoms with Crippen molar-refractivity contribution in [3.63, 3.8) is 0 Å². The molecule has 83 heavy (non-hydrogen) atoms. The number of halogens is 2. The van der Waals surface area contributed by atoms with Gasteiger partial charge in [-0.3, -0.25) is 19.7 Å². The number of likely N-dealkylation sites (tertiary alicyclic amines) is 1. The summed E-state index contributed by atoms with van der Waals surface area (Å²) in [6.45, 7) is 11.8. The molecule has 4 saturated heterocycles. The van der Waals surface area contributed by atoms with Crippen molar-refractivity contribution < 1.29 is 33.3 Å². The van der Waals surface area contributed by atoms with E-state index >= 15 is 4.39 Å². The second-order valence-electron chi connectivity index (χ2n) is 23.1.